The number of carbonyl (C=O) groups excluding carboxylic acids is 2. The van der Waals surface area contributed by atoms with Gasteiger partial charge in [0, 0.05) is 6.54 Å². The molecule has 6 nitrogen and oxygen atoms in total. The molecule has 1 rings (SSSR count). The van der Waals surface area contributed by atoms with Crippen molar-refractivity contribution in [3.63, 3.8) is 0 Å². The van der Waals surface area contributed by atoms with E-state index in [1.165, 1.54) is 7.11 Å². The molecular formula is C11H20N2O4. The second-order valence-electron chi connectivity index (χ2n) is 4.40. The van der Waals surface area contributed by atoms with Gasteiger partial charge in [-0.1, -0.05) is 6.42 Å². The summed E-state index contributed by atoms with van der Waals surface area (Å²) in [6.07, 6.45) is 2.23. The van der Waals surface area contributed by atoms with E-state index < -0.39 is 11.5 Å². The van der Waals surface area contributed by atoms with Crippen LogP contribution >= 0.6 is 0 Å². The molecule has 1 aliphatic rings. The topological polar surface area (TPSA) is 105 Å². The minimum absolute atomic E-state index is 0.153. The third-order valence-electron chi connectivity index (χ3n) is 3.08. The molecule has 0 bridgehead atoms. The molecule has 98 valence electrons. The first-order valence-electron chi connectivity index (χ1n) is 5.77. The van der Waals surface area contributed by atoms with Crippen LogP contribution in [0.15, 0.2) is 0 Å². The van der Waals surface area contributed by atoms with Crippen molar-refractivity contribution in [3.05, 3.63) is 0 Å². The lowest BCUT2D eigenvalue weighted by Crippen LogP contribution is -2.53. The summed E-state index contributed by atoms with van der Waals surface area (Å²) >= 11 is 0. The molecule has 0 amide bonds. The summed E-state index contributed by atoms with van der Waals surface area (Å²) in [6, 6.07) is 0. The van der Waals surface area contributed by atoms with E-state index in [9.17, 15) is 9.59 Å². The highest BCUT2D eigenvalue weighted by atomic mass is 16.5. The van der Waals surface area contributed by atoms with Crippen LogP contribution in [0.4, 0.5) is 0 Å². The summed E-state index contributed by atoms with van der Waals surface area (Å²) in [7, 11) is 1.34. The van der Waals surface area contributed by atoms with E-state index in [1.807, 2.05) is 0 Å². The van der Waals surface area contributed by atoms with E-state index in [0.29, 0.717) is 19.3 Å². The van der Waals surface area contributed by atoms with Crippen molar-refractivity contribution in [1.82, 2.24) is 0 Å². The van der Waals surface area contributed by atoms with Gasteiger partial charge < -0.3 is 20.9 Å². The molecule has 0 radical (unpaired) electrons. The number of carbonyl (C=O) groups is 2. The third-order valence-corrected chi connectivity index (χ3v) is 3.08. The predicted molar refractivity (Wildman–Crippen MR) is 60.9 cm³/mol. The van der Waals surface area contributed by atoms with E-state index in [0.717, 1.165) is 0 Å². The predicted octanol–water partition coefficient (Wildman–Crippen LogP) is -0.451. The molecule has 1 fully saturated rings. The largest absolute Gasteiger partial charge is 0.469 e. The van der Waals surface area contributed by atoms with Gasteiger partial charge in [0.05, 0.1) is 13.0 Å². The molecule has 17 heavy (non-hydrogen) atoms. The van der Waals surface area contributed by atoms with Crippen LogP contribution in [0.1, 0.15) is 25.7 Å². The monoisotopic (exact) mass is 244 g/mol. The van der Waals surface area contributed by atoms with Crippen molar-refractivity contribution in [3.8, 4) is 0 Å². The van der Waals surface area contributed by atoms with Crippen molar-refractivity contribution in [1.29, 1.82) is 0 Å². The van der Waals surface area contributed by atoms with Gasteiger partial charge in [-0.25, -0.2) is 0 Å². The molecule has 0 aromatic rings. The Hall–Kier alpha value is -1.14. The van der Waals surface area contributed by atoms with Gasteiger partial charge >= 0.3 is 11.9 Å². The van der Waals surface area contributed by atoms with E-state index in [-0.39, 0.29) is 31.5 Å². The second-order valence-corrected chi connectivity index (χ2v) is 4.40. The molecule has 0 saturated heterocycles. The van der Waals surface area contributed by atoms with E-state index in [1.54, 1.807) is 0 Å². The quantitative estimate of drug-likeness (QED) is 0.649. The number of hydrogen-bond donors (Lipinski definition) is 2. The number of esters is 2. The van der Waals surface area contributed by atoms with Crippen LogP contribution in [0.25, 0.3) is 0 Å². The smallest absolute Gasteiger partial charge is 0.326 e. The summed E-state index contributed by atoms with van der Waals surface area (Å²) in [5, 5.41) is 0. The average Bonchev–Trinajstić information content (AvgIpc) is 2.34. The molecule has 1 saturated carbocycles. The van der Waals surface area contributed by atoms with Crippen LogP contribution < -0.4 is 11.5 Å². The minimum atomic E-state index is -1.08. The molecule has 2 atom stereocenters. The van der Waals surface area contributed by atoms with Gasteiger partial charge in [-0.2, -0.15) is 0 Å². The molecular weight excluding hydrogens is 224 g/mol. The normalized spacial score (nSPS) is 28.5. The first-order chi connectivity index (χ1) is 8.03. The van der Waals surface area contributed by atoms with E-state index in [2.05, 4.69) is 4.74 Å². The van der Waals surface area contributed by atoms with Gasteiger partial charge in [0.25, 0.3) is 0 Å². The zero-order chi connectivity index (χ0) is 12.9. The zero-order valence-corrected chi connectivity index (χ0v) is 10.1. The van der Waals surface area contributed by atoms with Crippen LogP contribution in [0.2, 0.25) is 0 Å². The van der Waals surface area contributed by atoms with E-state index >= 15 is 0 Å². The number of rotatable bonds is 4. The van der Waals surface area contributed by atoms with Crippen LogP contribution in [0, 0.1) is 5.92 Å². The van der Waals surface area contributed by atoms with Crippen molar-refractivity contribution in [2.45, 2.75) is 31.2 Å². The first-order valence-corrected chi connectivity index (χ1v) is 5.77. The average molecular weight is 244 g/mol. The Morgan fingerprint density at radius 3 is 2.76 bits per heavy atom. The third kappa shape index (κ3) is 3.41. The Bertz CT molecular complexity index is 295. The lowest BCUT2D eigenvalue weighted by atomic mass is 9.76. The summed E-state index contributed by atoms with van der Waals surface area (Å²) in [4.78, 5) is 23.2. The maximum Gasteiger partial charge on any atom is 0.326 e. The van der Waals surface area contributed by atoms with Crippen LogP contribution in [0.3, 0.4) is 0 Å². The highest BCUT2D eigenvalue weighted by Gasteiger charge is 2.43. The van der Waals surface area contributed by atoms with Gasteiger partial charge in [-0.05, 0) is 19.3 Å². The lowest BCUT2D eigenvalue weighted by Gasteiger charge is -2.34. The van der Waals surface area contributed by atoms with Gasteiger partial charge in [-0.3, -0.25) is 9.59 Å². The van der Waals surface area contributed by atoms with Crippen LogP contribution in [-0.4, -0.2) is 37.7 Å². The fourth-order valence-corrected chi connectivity index (χ4v) is 2.16. The first kappa shape index (κ1) is 13.9. The molecule has 0 heterocycles. The summed E-state index contributed by atoms with van der Waals surface area (Å²) in [5.74, 6) is -1.10. The second kappa shape index (κ2) is 5.97. The number of nitrogens with two attached hydrogens (primary N) is 2. The SMILES string of the molecule is COC(=O)C1CCCC(N)(C(=O)OCCN)C1. The highest BCUT2D eigenvalue weighted by Crippen LogP contribution is 2.32. The fraction of sp³-hybridized carbons (Fsp3) is 0.818. The maximum atomic E-state index is 11.8. The Balaban J connectivity index is 2.62. The van der Waals surface area contributed by atoms with Gasteiger partial charge in [-0.15, -0.1) is 0 Å². The molecule has 6 heteroatoms. The summed E-state index contributed by atoms with van der Waals surface area (Å²) in [5.41, 5.74) is 10.2. The Labute approximate surface area is 101 Å². The van der Waals surface area contributed by atoms with Crippen molar-refractivity contribution < 1.29 is 19.1 Å². The van der Waals surface area contributed by atoms with Crippen molar-refractivity contribution in [2.75, 3.05) is 20.3 Å². The van der Waals surface area contributed by atoms with Crippen molar-refractivity contribution >= 4 is 11.9 Å². The van der Waals surface area contributed by atoms with Gasteiger partial charge in [0.2, 0.25) is 0 Å². The Morgan fingerprint density at radius 1 is 1.47 bits per heavy atom. The molecule has 2 unspecified atom stereocenters. The molecule has 4 N–H and O–H groups in total. The molecule has 0 aromatic carbocycles. The number of methoxy groups -OCH3 is 1. The van der Waals surface area contributed by atoms with Gasteiger partial charge in [0.15, 0.2) is 0 Å². The van der Waals surface area contributed by atoms with E-state index in [4.69, 9.17) is 16.2 Å². The lowest BCUT2D eigenvalue weighted by molar-refractivity contribution is -0.155. The van der Waals surface area contributed by atoms with Crippen molar-refractivity contribution in [2.24, 2.45) is 17.4 Å². The Kier molecular flexibility index (Phi) is 4.89. The molecule has 0 spiro atoms. The Morgan fingerprint density at radius 2 is 2.18 bits per heavy atom. The molecule has 1 aliphatic carbocycles. The molecule has 0 aromatic heterocycles. The highest BCUT2D eigenvalue weighted by molar-refractivity contribution is 5.82. The summed E-state index contributed by atoms with van der Waals surface area (Å²) < 4.78 is 9.63. The van der Waals surface area contributed by atoms with Crippen LogP contribution in [0.5, 0.6) is 0 Å². The maximum absolute atomic E-state index is 11.8. The van der Waals surface area contributed by atoms with Crippen LogP contribution in [-0.2, 0) is 19.1 Å². The minimum Gasteiger partial charge on any atom is -0.469 e. The van der Waals surface area contributed by atoms with Gasteiger partial charge in [0.1, 0.15) is 12.1 Å². The standard InChI is InChI=1S/C11H20N2O4/c1-16-9(14)8-3-2-4-11(13,7-8)10(15)17-6-5-12/h8H,2-7,12-13H2,1H3. The number of hydrogen-bond acceptors (Lipinski definition) is 6. The zero-order valence-electron chi connectivity index (χ0n) is 10.1. The number of ether oxygens (including phenoxy) is 2. The molecule has 0 aliphatic heterocycles. The summed E-state index contributed by atoms with van der Waals surface area (Å²) in [6.45, 7) is 0.420. The fourth-order valence-electron chi connectivity index (χ4n) is 2.16.